The maximum Gasteiger partial charge on any atom is 0.238 e. The zero-order valence-corrected chi connectivity index (χ0v) is 11.8. The van der Waals surface area contributed by atoms with E-state index in [-0.39, 0.29) is 11.4 Å². The number of hydrogen-bond acceptors (Lipinski definition) is 2. The van der Waals surface area contributed by atoms with E-state index in [4.69, 9.17) is 0 Å². The fourth-order valence-corrected chi connectivity index (χ4v) is 1.67. The van der Waals surface area contributed by atoms with Crippen molar-refractivity contribution in [2.45, 2.75) is 46.1 Å². The van der Waals surface area contributed by atoms with Crippen LogP contribution in [0.1, 0.15) is 39.7 Å². The van der Waals surface area contributed by atoms with Crippen LogP contribution in [0.25, 0.3) is 0 Å². The zero-order chi connectivity index (χ0) is 13.6. The normalized spacial score (nSPS) is 11.3. The van der Waals surface area contributed by atoms with Gasteiger partial charge in [-0.2, -0.15) is 0 Å². The highest BCUT2D eigenvalue weighted by atomic mass is 16.1. The first-order valence-corrected chi connectivity index (χ1v) is 6.55. The Hall–Kier alpha value is -1.35. The first-order chi connectivity index (χ1) is 8.42. The van der Waals surface area contributed by atoms with Gasteiger partial charge in [-0.05, 0) is 38.8 Å². The van der Waals surface area contributed by atoms with Crippen LogP contribution in [-0.4, -0.2) is 18.0 Å². The summed E-state index contributed by atoms with van der Waals surface area (Å²) in [5.41, 5.74) is 2.09. The number of carbonyl (C=O) groups excluding carboxylic acids is 1. The fourth-order valence-electron chi connectivity index (χ4n) is 1.67. The highest BCUT2D eigenvalue weighted by Gasteiger charge is 2.12. The van der Waals surface area contributed by atoms with Gasteiger partial charge in [0.05, 0.1) is 6.54 Å². The molecule has 3 heteroatoms. The second-order valence-corrected chi connectivity index (χ2v) is 5.56. The van der Waals surface area contributed by atoms with Crippen molar-refractivity contribution in [3.8, 4) is 0 Å². The van der Waals surface area contributed by atoms with Crippen molar-refractivity contribution in [3.63, 3.8) is 0 Å². The molecule has 0 atom stereocenters. The van der Waals surface area contributed by atoms with Crippen LogP contribution in [0, 0.1) is 0 Å². The van der Waals surface area contributed by atoms with Crippen LogP contribution in [-0.2, 0) is 11.2 Å². The predicted molar refractivity (Wildman–Crippen MR) is 76.8 cm³/mol. The number of benzene rings is 1. The molecule has 0 aromatic heterocycles. The summed E-state index contributed by atoms with van der Waals surface area (Å²) in [6, 6.07) is 7.98. The molecule has 1 amide bonds. The van der Waals surface area contributed by atoms with Crippen LogP contribution in [0.2, 0.25) is 0 Å². The Kier molecular flexibility index (Phi) is 5.35. The first kappa shape index (κ1) is 14.7. The molecule has 0 saturated carbocycles. The number of para-hydroxylation sites is 1. The summed E-state index contributed by atoms with van der Waals surface area (Å²) in [6.07, 6.45) is 2.07. The number of aryl methyl sites for hydroxylation is 1. The lowest BCUT2D eigenvalue weighted by atomic mass is 10.1. The first-order valence-electron chi connectivity index (χ1n) is 6.55. The van der Waals surface area contributed by atoms with Gasteiger partial charge in [-0.25, -0.2) is 0 Å². The Balaban J connectivity index is 2.59. The van der Waals surface area contributed by atoms with Crippen molar-refractivity contribution in [2.24, 2.45) is 0 Å². The molecule has 0 spiro atoms. The summed E-state index contributed by atoms with van der Waals surface area (Å²) in [4.78, 5) is 11.8. The number of anilines is 1. The zero-order valence-electron chi connectivity index (χ0n) is 11.8. The summed E-state index contributed by atoms with van der Waals surface area (Å²) >= 11 is 0. The van der Waals surface area contributed by atoms with E-state index in [9.17, 15) is 4.79 Å². The van der Waals surface area contributed by atoms with E-state index in [1.165, 1.54) is 5.56 Å². The minimum Gasteiger partial charge on any atom is -0.325 e. The van der Waals surface area contributed by atoms with Crippen molar-refractivity contribution in [2.75, 3.05) is 11.9 Å². The molecule has 0 aliphatic carbocycles. The van der Waals surface area contributed by atoms with Gasteiger partial charge in [0.2, 0.25) is 5.91 Å². The summed E-state index contributed by atoms with van der Waals surface area (Å²) in [5.74, 6) is 0.00785. The number of nitrogens with one attached hydrogen (secondary N) is 2. The SMILES string of the molecule is CCCc1ccccc1NC(=O)CNC(C)(C)C. The summed E-state index contributed by atoms with van der Waals surface area (Å²) in [7, 11) is 0. The molecule has 0 fully saturated rings. The highest BCUT2D eigenvalue weighted by molar-refractivity contribution is 5.93. The van der Waals surface area contributed by atoms with Crippen LogP contribution in [0.4, 0.5) is 5.69 Å². The van der Waals surface area contributed by atoms with Gasteiger partial charge in [-0.15, -0.1) is 0 Å². The quantitative estimate of drug-likeness (QED) is 0.841. The topological polar surface area (TPSA) is 41.1 Å². The maximum absolute atomic E-state index is 11.8. The van der Waals surface area contributed by atoms with Crippen LogP contribution in [0.3, 0.4) is 0 Å². The van der Waals surface area contributed by atoms with E-state index in [0.29, 0.717) is 6.54 Å². The van der Waals surface area contributed by atoms with E-state index < -0.39 is 0 Å². The van der Waals surface area contributed by atoms with Crippen molar-refractivity contribution in [1.82, 2.24) is 5.32 Å². The minimum atomic E-state index is -0.0414. The lowest BCUT2D eigenvalue weighted by Crippen LogP contribution is -2.41. The van der Waals surface area contributed by atoms with E-state index in [1.807, 2.05) is 39.0 Å². The number of amides is 1. The molecule has 100 valence electrons. The molecule has 0 aliphatic rings. The van der Waals surface area contributed by atoms with E-state index in [1.54, 1.807) is 0 Å². The average Bonchev–Trinajstić information content (AvgIpc) is 2.29. The molecule has 1 aromatic rings. The van der Waals surface area contributed by atoms with Gasteiger partial charge in [0.1, 0.15) is 0 Å². The van der Waals surface area contributed by atoms with Gasteiger partial charge < -0.3 is 10.6 Å². The molecule has 0 unspecified atom stereocenters. The lowest BCUT2D eigenvalue weighted by molar-refractivity contribution is -0.115. The largest absolute Gasteiger partial charge is 0.325 e. The van der Waals surface area contributed by atoms with E-state index in [0.717, 1.165) is 18.5 Å². The molecule has 1 rings (SSSR count). The molecule has 18 heavy (non-hydrogen) atoms. The van der Waals surface area contributed by atoms with Crippen LogP contribution in [0.15, 0.2) is 24.3 Å². The summed E-state index contributed by atoms with van der Waals surface area (Å²) in [5, 5.41) is 6.15. The van der Waals surface area contributed by atoms with Crippen molar-refractivity contribution in [3.05, 3.63) is 29.8 Å². The molecule has 0 saturated heterocycles. The highest BCUT2D eigenvalue weighted by Crippen LogP contribution is 2.16. The number of rotatable bonds is 5. The van der Waals surface area contributed by atoms with Gasteiger partial charge in [0.25, 0.3) is 0 Å². The molecule has 0 bridgehead atoms. The molecule has 0 heterocycles. The molecule has 2 N–H and O–H groups in total. The monoisotopic (exact) mass is 248 g/mol. The average molecular weight is 248 g/mol. The van der Waals surface area contributed by atoms with E-state index >= 15 is 0 Å². The number of carbonyl (C=O) groups is 1. The summed E-state index contributed by atoms with van der Waals surface area (Å²) < 4.78 is 0. The van der Waals surface area contributed by atoms with Gasteiger partial charge in [0.15, 0.2) is 0 Å². The third-order valence-electron chi connectivity index (χ3n) is 2.59. The third-order valence-corrected chi connectivity index (χ3v) is 2.59. The Morgan fingerprint density at radius 2 is 1.89 bits per heavy atom. The Morgan fingerprint density at radius 3 is 2.50 bits per heavy atom. The molecule has 3 nitrogen and oxygen atoms in total. The van der Waals surface area contributed by atoms with Crippen LogP contribution in [0.5, 0.6) is 0 Å². The second kappa shape index (κ2) is 6.55. The van der Waals surface area contributed by atoms with Crippen molar-refractivity contribution >= 4 is 11.6 Å². The van der Waals surface area contributed by atoms with Crippen molar-refractivity contribution < 1.29 is 4.79 Å². The summed E-state index contributed by atoms with van der Waals surface area (Å²) in [6.45, 7) is 8.62. The van der Waals surface area contributed by atoms with Gasteiger partial charge >= 0.3 is 0 Å². The molecule has 0 aliphatic heterocycles. The second-order valence-electron chi connectivity index (χ2n) is 5.56. The van der Waals surface area contributed by atoms with Crippen molar-refractivity contribution in [1.29, 1.82) is 0 Å². The van der Waals surface area contributed by atoms with Crippen LogP contribution >= 0.6 is 0 Å². The lowest BCUT2D eigenvalue weighted by Gasteiger charge is -2.20. The maximum atomic E-state index is 11.8. The van der Waals surface area contributed by atoms with E-state index in [2.05, 4.69) is 23.6 Å². The Morgan fingerprint density at radius 1 is 1.22 bits per heavy atom. The minimum absolute atomic E-state index is 0.00785. The smallest absolute Gasteiger partial charge is 0.238 e. The molecular weight excluding hydrogens is 224 g/mol. The number of hydrogen-bond donors (Lipinski definition) is 2. The van der Waals surface area contributed by atoms with Gasteiger partial charge in [-0.3, -0.25) is 4.79 Å². The van der Waals surface area contributed by atoms with Gasteiger partial charge in [-0.1, -0.05) is 31.5 Å². The Labute approximate surface area is 110 Å². The van der Waals surface area contributed by atoms with Crippen LogP contribution < -0.4 is 10.6 Å². The molecule has 0 radical (unpaired) electrons. The Bertz CT molecular complexity index is 394. The molecule has 1 aromatic carbocycles. The predicted octanol–water partition coefficient (Wildman–Crippen LogP) is 2.97. The third kappa shape index (κ3) is 5.32. The fraction of sp³-hybridized carbons (Fsp3) is 0.533. The van der Waals surface area contributed by atoms with Gasteiger partial charge in [0, 0.05) is 11.2 Å². The molecular formula is C15H24N2O. The standard InChI is InChI=1S/C15H24N2O/c1-5-8-12-9-6-7-10-13(12)17-14(18)11-16-15(2,3)4/h6-7,9-10,16H,5,8,11H2,1-4H3,(H,17,18).